The predicted octanol–water partition coefficient (Wildman–Crippen LogP) is 2.99. The number of aromatic nitrogens is 2. The molecule has 3 heteroatoms. The molecule has 3 rings (SSSR count). The molecule has 0 spiro atoms. The van der Waals surface area contributed by atoms with E-state index in [9.17, 15) is 0 Å². The summed E-state index contributed by atoms with van der Waals surface area (Å²) < 4.78 is 2.12. The monoisotopic (exact) mass is 241 g/mol. The smallest absolute Gasteiger partial charge is 0.0568 e. The standard InChI is InChI=1S/C15H19N3/c16-14-6-8-15(9-7-14)18-11-13(10-17-18)12-4-2-1-3-5-12/h1-5,10-11,14-15H,6-9,16H2. The van der Waals surface area contributed by atoms with Crippen LogP contribution >= 0.6 is 0 Å². The molecular formula is C15H19N3. The third-order valence-corrected chi connectivity index (χ3v) is 3.82. The molecule has 3 nitrogen and oxygen atoms in total. The number of nitrogens with two attached hydrogens (primary N) is 1. The Bertz CT molecular complexity index is 495. The lowest BCUT2D eigenvalue weighted by atomic mass is 9.92. The summed E-state index contributed by atoms with van der Waals surface area (Å²) in [7, 11) is 0. The van der Waals surface area contributed by atoms with E-state index in [2.05, 4.69) is 40.2 Å². The van der Waals surface area contributed by atoms with Gasteiger partial charge in [0.25, 0.3) is 0 Å². The zero-order chi connectivity index (χ0) is 12.4. The number of hydrogen-bond acceptors (Lipinski definition) is 2. The summed E-state index contributed by atoms with van der Waals surface area (Å²) in [6.07, 6.45) is 8.66. The van der Waals surface area contributed by atoms with Crippen molar-refractivity contribution in [2.45, 2.75) is 37.8 Å². The maximum Gasteiger partial charge on any atom is 0.0568 e. The van der Waals surface area contributed by atoms with E-state index in [4.69, 9.17) is 5.73 Å². The minimum atomic E-state index is 0.394. The van der Waals surface area contributed by atoms with E-state index in [1.165, 1.54) is 11.1 Å². The Balaban J connectivity index is 1.78. The van der Waals surface area contributed by atoms with Crippen LogP contribution in [0.15, 0.2) is 42.7 Å². The van der Waals surface area contributed by atoms with Gasteiger partial charge in [0.2, 0.25) is 0 Å². The molecule has 0 unspecified atom stereocenters. The summed E-state index contributed by atoms with van der Waals surface area (Å²) in [6.45, 7) is 0. The number of benzene rings is 1. The predicted molar refractivity (Wildman–Crippen MR) is 73.1 cm³/mol. The number of rotatable bonds is 2. The van der Waals surface area contributed by atoms with Crippen LogP contribution in [0.25, 0.3) is 11.1 Å². The second kappa shape index (κ2) is 4.94. The summed E-state index contributed by atoms with van der Waals surface area (Å²) >= 11 is 0. The molecule has 0 saturated heterocycles. The van der Waals surface area contributed by atoms with Crippen LogP contribution in [0.5, 0.6) is 0 Å². The van der Waals surface area contributed by atoms with Gasteiger partial charge in [-0.3, -0.25) is 4.68 Å². The lowest BCUT2D eigenvalue weighted by Crippen LogP contribution is -2.27. The zero-order valence-electron chi connectivity index (χ0n) is 10.5. The van der Waals surface area contributed by atoms with Gasteiger partial charge in [-0.2, -0.15) is 5.10 Å². The molecule has 0 atom stereocenters. The average molecular weight is 241 g/mol. The molecule has 1 aromatic carbocycles. The Kier molecular flexibility index (Phi) is 3.15. The molecule has 2 aromatic rings. The van der Waals surface area contributed by atoms with Crippen molar-refractivity contribution in [1.29, 1.82) is 0 Å². The third kappa shape index (κ3) is 2.31. The van der Waals surface area contributed by atoms with Crippen molar-refractivity contribution >= 4 is 0 Å². The molecule has 1 aliphatic carbocycles. The molecule has 0 aliphatic heterocycles. The molecular weight excluding hydrogens is 222 g/mol. The maximum absolute atomic E-state index is 5.94. The second-order valence-electron chi connectivity index (χ2n) is 5.14. The van der Waals surface area contributed by atoms with E-state index < -0.39 is 0 Å². The van der Waals surface area contributed by atoms with E-state index in [0.717, 1.165) is 25.7 Å². The summed E-state index contributed by atoms with van der Waals surface area (Å²) in [5.41, 5.74) is 8.37. The van der Waals surface area contributed by atoms with Crippen molar-refractivity contribution in [1.82, 2.24) is 9.78 Å². The molecule has 0 radical (unpaired) electrons. The van der Waals surface area contributed by atoms with Gasteiger partial charge in [0, 0.05) is 17.8 Å². The highest BCUT2D eigenvalue weighted by Gasteiger charge is 2.20. The van der Waals surface area contributed by atoms with Crippen LogP contribution in [0.4, 0.5) is 0 Å². The molecule has 2 N–H and O–H groups in total. The van der Waals surface area contributed by atoms with Gasteiger partial charge in [-0.15, -0.1) is 0 Å². The summed E-state index contributed by atoms with van der Waals surface area (Å²) in [5, 5.41) is 4.52. The first kappa shape index (κ1) is 11.5. The quantitative estimate of drug-likeness (QED) is 0.878. The highest BCUT2D eigenvalue weighted by Crippen LogP contribution is 2.28. The molecule has 1 aromatic heterocycles. The van der Waals surface area contributed by atoms with Gasteiger partial charge in [-0.1, -0.05) is 30.3 Å². The molecule has 1 saturated carbocycles. The maximum atomic E-state index is 5.94. The van der Waals surface area contributed by atoms with Crippen LogP contribution in [-0.4, -0.2) is 15.8 Å². The molecule has 0 amide bonds. The largest absolute Gasteiger partial charge is 0.328 e. The average Bonchev–Trinajstić information content (AvgIpc) is 2.90. The van der Waals surface area contributed by atoms with Crippen LogP contribution in [0, 0.1) is 0 Å². The van der Waals surface area contributed by atoms with Crippen molar-refractivity contribution in [2.24, 2.45) is 5.73 Å². The normalized spacial score (nSPS) is 24.1. The summed E-state index contributed by atoms with van der Waals surface area (Å²) in [6, 6.07) is 11.3. The number of nitrogens with zero attached hydrogens (tertiary/aromatic N) is 2. The Morgan fingerprint density at radius 2 is 1.72 bits per heavy atom. The van der Waals surface area contributed by atoms with Gasteiger partial charge in [0.1, 0.15) is 0 Å². The topological polar surface area (TPSA) is 43.8 Å². The Morgan fingerprint density at radius 3 is 2.44 bits per heavy atom. The van der Waals surface area contributed by atoms with Gasteiger partial charge in [-0.05, 0) is 31.2 Å². The minimum Gasteiger partial charge on any atom is -0.328 e. The van der Waals surface area contributed by atoms with Gasteiger partial charge in [0.05, 0.1) is 12.2 Å². The first-order valence-corrected chi connectivity index (χ1v) is 6.68. The van der Waals surface area contributed by atoms with Gasteiger partial charge < -0.3 is 5.73 Å². The summed E-state index contributed by atoms with van der Waals surface area (Å²) in [4.78, 5) is 0. The fourth-order valence-corrected chi connectivity index (χ4v) is 2.68. The molecule has 1 aliphatic rings. The van der Waals surface area contributed by atoms with Crippen LogP contribution < -0.4 is 5.73 Å². The fourth-order valence-electron chi connectivity index (χ4n) is 2.68. The van der Waals surface area contributed by atoms with Gasteiger partial charge in [-0.25, -0.2) is 0 Å². The Morgan fingerprint density at radius 1 is 1.00 bits per heavy atom. The first-order valence-electron chi connectivity index (χ1n) is 6.68. The van der Waals surface area contributed by atoms with E-state index in [1.54, 1.807) is 0 Å². The van der Waals surface area contributed by atoms with E-state index >= 15 is 0 Å². The molecule has 18 heavy (non-hydrogen) atoms. The van der Waals surface area contributed by atoms with Crippen molar-refractivity contribution in [3.05, 3.63) is 42.7 Å². The van der Waals surface area contributed by atoms with E-state index in [-0.39, 0.29) is 0 Å². The van der Waals surface area contributed by atoms with Crippen LogP contribution in [-0.2, 0) is 0 Å². The highest BCUT2D eigenvalue weighted by atomic mass is 15.3. The zero-order valence-corrected chi connectivity index (χ0v) is 10.5. The Hall–Kier alpha value is -1.61. The van der Waals surface area contributed by atoms with Crippen molar-refractivity contribution < 1.29 is 0 Å². The minimum absolute atomic E-state index is 0.394. The summed E-state index contributed by atoms with van der Waals surface area (Å²) in [5.74, 6) is 0. The van der Waals surface area contributed by atoms with E-state index in [0.29, 0.717) is 12.1 Å². The highest BCUT2D eigenvalue weighted by molar-refractivity contribution is 5.61. The number of hydrogen-bond donors (Lipinski definition) is 1. The first-order chi connectivity index (χ1) is 8.83. The molecule has 1 heterocycles. The van der Waals surface area contributed by atoms with Crippen LogP contribution in [0.3, 0.4) is 0 Å². The van der Waals surface area contributed by atoms with Gasteiger partial charge in [0.15, 0.2) is 0 Å². The molecule has 94 valence electrons. The lowest BCUT2D eigenvalue weighted by Gasteiger charge is -2.26. The lowest BCUT2D eigenvalue weighted by molar-refractivity contribution is 0.304. The fraction of sp³-hybridized carbons (Fsp3) is 0.400. The van der Waals surface area contributed by atoms with Crippen molar-refractivity contribution in [3.63, 3.8) is 0 Å². The molecule has 0 bridgehead atoms. The van der Waals surface area contributed by atoms with E-state index in [1.807, 2.05) is 12.3 Å². The third-order valence-electron chi connectivity index (χ3n) is 3.82. The van der Waals surface area contributed by atoms with Gasteiger partial charge >= 0.3 is 0 Å². The molecule has 1 fully saturated rings. The SMILES string of the molecule is NC1CCC(n2cc(-c3ccccc3)cn2)CC1. The van der Waals surface area contributed by atoms with Crippen molar-refractivity contribution in [3.8, 4) is 11.1 Å². The van der Waals surface area contributed by atoms with Crippen LogP contribution in [0.1, 0.15) is 31.7 Å². The van der Waals surface area contributed by atoms with Crippen molar-refractivity contribution in [2.75, 3.05) is 0 Å². The van der Waals surface area contributed by atoms with Crippen LogP contribution in [0.2, 0.25) is 0 Å². The second-order valence-corrected chi connectivity index (χ2v) is 5.14. The Labute approximate surface area is 108 Å².